The van der Waals surface area contributed by atoms with Crippen molar-refractivity contribution in [2.45, 2.75) is 51.9 Å². The molecule has 3 rings (SSSR count). The lowest BCUT2D eigenvalue weighted by atomic mass is 10.0. The molecule has 0 heterocycles. The second-order valence-corrected chi connectivity index (χ2v) is 8.35. The first kappa shape index (κ1) is 24.4. The third-order valence-corrected chi connectivity index (χ3v) is 4.52. The number of fused-ring (bicyclic) bond motifs is 3. The van der Waals surface area contributed by atoms with Crippen LogP contribution in [0.15, 0.2) is 42.5 Å². The smallest absolute Gasteiger partial charge is 0.404 e. The van der Waals surface area contributed by atoms with Gasteiger partial charge in [0.05, 0.1) is 6.42 Å². The third-order valence-electron chi connectivity index (χ3n) is 4.41. The van der Waals surface area contributed by atoms with E-state index in [-0.39, 0.29) is 13.0 Å². The van der Waals surface area contributed by atoms with Crippen molar-refractivity contribution in [3.05, 3.63) is 59.2 Å². The molecule has 166 valence electrons. The van der Waals surface area contributed by atoms with Crippen molar-refractivity contribution in [2.75, 3.05) is 0 Å². The van der Waals surface area contributed by atoms with Crippen LogP contribution < -0.4 is 5.73 Å². The monoisotopic (exact) mass is 447 g/mol. The van der Waals surface area contributed by atoms with Gasteiger partial charge < -0.3 is 20.3 Å². The molecule has 1 atom stereocenters. The van der Waals surface area contributed by atoms with Crippen LogP contribution in [-0.2, 0) is 32.1 Å². The molecule has 0 spiro atoms. The highest BCUT2D eigenvalue weighted by Gasteiger charge is 2.22. The molecule has 0 fully saturated rings. The van der Waals surface area contributed by atoms with Crippen LogP contribution in [0.2, 0.25) is 0 Å². The highest BCUT2D eigenvalue weighted by molar-refractivity contribution is 6.61. The lowest BCUT2D eigenvalue weighted by Gasteiger charge is -2.19. The van der Waals surface area contributed by atoms with Gasteiger partial charge in [-0.15, -0.1) is 0 Å². The Morgan fingerprint density at radius 1 is 1.10 bits per heavy atom. The molecule has 0 bridgehead atoms. The average molecular weight is 448 g/mol. The van der Waals surface area contributed by atoms with Crippen LogP contribution in [0.5, 0.6) is 0 Å². The number of benzene rings is 2. The summed E-state index contributed by atoms with van der Waals surface area (Å²) in [5, 5.41) is 8.40. The summed E-state index contributed by atoms with van der Waals surface area (Å²) >= 11 is 5.21. The number of carboxylic acids is 1. The van der Waals surface area contributed by atoms with E-state index in [0.717, 1.165) is 12.0 Å². The molecule has 0 saturated heterocycles. The fraction of sp³-hybridized carbons (Fsp3) is 0.348. The second kappa shape index (κ2) is 10.4. The molecular formula is C23H26ClNO6. The van der Waals surface area contributed by atoms with Crippen molar-refractivity contribution < 1.29 is 29.0 Å². The van der Waals surface area contributed by atoms with Crippen molar-refractivity contribution >= 4 is 29.0 Å². The predicted molar refractivity (Wildman–Crippen MR) is 117 cm³/mol. The second-order valence-electron chi connectivity index (χ2n) is 8.04. The Balaban J connectivity index is 0.000000235. The van der Waals surface area contributed by atoms with Gasteiger partial charge in [-0.05, 0) is 55.0 Å². The zero-order valence-corrected chi connectivity index (χ0v) is 18.4. The number of carboxylic acid groups (broad SMARTS) is 1. The summed E-state index contributed by atoms with van der Waals surface area (Å²) in [4.78, 5) is 32.0. The normalized spacial score (nSPS) is 12.5. The first-order valence-corrected chi connectivity index (χ1v) is 10.1. The molecular weight excluding hydrogens is 422 g/mol. The maximum absolute atomic E-state index is 11.0. The number of esters is 1. The lowest BCUT2D eigenvalue weighted by molar-refractivity contribution is -0.157. The molecule has 7 nitrogen and oxygen atoms in total. The van der Waals surface area contributed by atoms with E-state index >= 15 is 0 Å². The van der Waals surface area contributed by atoms with E-state index in [9.17, 15) is 14.4 Å². The van der Waals surface area contributed by atoms with Gasteiger partial charge in [0.25, 0.3) is 0 Å². The number of halogens is 1. The zero-order valence-electron chi connectivity index (χ0n) is 17.7. The van der Waals surface area contributed by atoms with Gasteiger partial charge in [-0.2, -0.15) is 0 Å². The molecule has 1 aliphatic rings. The molecule has 2 aromatic rings. The van der Waals surface area contributed by atoms with Gasteiger partial charge in [0.2, 0.25) is 0 Å². The van der Waals surface area contributed by atoms with Crippen LogP contribution in [0.25, 0.3) is 11.1 Å². The van der Waals surface area contributed by atoms with E-state index in [4.69, 9.17) is 31.9 Å². The SMILES string of the molecule is CC(C)(C)OC(=O)C[C@H](N)C(=O)O.O=C(Cl)OCc1cccc2c1Cc1ccccc1-2. The Kier molecular flexibility index (Phi) is 8.19. The minimum atomic E-state index is -1.20. The Hall–Kier alpha value is -2.90. The molecule has 0 aliphatic heterocycles. The largest absolute Gasteiger partial charge is 0.480 e. The van der Waals surface area contributed by atoms with Gasteiger partial charge in [-0.25, -0.2) is 4.79 Å². The molecule has 0 saturated carbocycles. The van der Waals surface area contributed by atoms with Crippen LogP contribution >= 0.6 is 11.6 Å². The standard InChI is InChI=1S/C15H11ClO2.C8H15NO4/c16-15(17)18-9-11-5-3-7-13-12-6-2-1-4-10(12)8-14(11)13;1-8(2,3)13-6(10)4-5(9)7(11)12/h1-7H,8-9H2;5H,4,9H2,1-3H3,(H,11,12)/t;5-/m.0/s1. The van der Waals surface area contributed by atoms with E-state index in [1.54, 1.807) is 20.8 Å². The topological polar surface area (TPSA) is 116 Å². The zero-order chi connectivity index (χ0) is 23.2. The summed E-state index contributed by atoms with van der Waals surface area (Å²) in [6, 6.07) is 13.2. The number of hydrogen-bond acceptors (Lipinski definition) is 6. The molecule has 1 aliphatic carbocycles. The van der Waals surface area contributed by atoms with Gasteiger partial charge in [0, 0.05) is 11.6 Å². The highest BCUT2D eigenvalue weighted by atomic mass is 35.5. The Bertz CT molecular complexity index is 967. The van der Waals surface area contributed by atoms with E-state index < -0.39 is 29.0 Å². The van der Waals surface area contributed by atoms with Crippen LogP contribution in [0, 0.1) is 0 Å². The summed E-state index contributed by atoms with van der Waals surface area (Å²) in [6.45, 7) is 5.35. The Morgan fingerprint density at radius 2 is 1.74 bits per heavy atom. The fourth-order valence-corrected chi connectivity index (χ4v) is 3.20. The molecule has 3 N–H and O–H groups in total. The third kappa shape index (κ3) is 7.38. The molecule has 0 amide bonds. The summed E-state index contributed by atoms with van der Waals surface area (Å²) in [5.41, 5.74) is 9.85. The number of rotatable bonds is 5. The van der Waals surface area contributed by atoms with Crippen molar-refractivity contribution in [1.29, 1.82) is 0 Å². The summed E-state index contributed by atoms with van der Waals surface area (Å²) in [5.74, 6) is -1.80. The summed E-state index contributed by atoms with van der Waals surface area (Å²) in [6.07, 6.45) is 0.591. The van der Waals surface area contributed by atoms with E-state index in [2.05, 4.69) is 18.2 Å². The van der Waals surface area contributed by atoms with Gasteiger partial charge in [-0.3, -0.25) is 9.59 Å². The molecule has 0 aromatic heterocycles. The number of aliphatic carboxylic acids is 1. The number of hydrogen-bond donors (Lipinski definition) is 2. The molecule has 31 heavy (non-hydrogen) atoms. The lowest BCUT2D eigenvalue weighted by Crippen LogP contribution is -2.35. The van der Waals surface area contributed by atoms with Crippen molar-refractivity contribution in [2.24, 2.45) is 5.73 Å². The van der Waals surface area contributed by atoms with Gasteiger partial charge in [-0.1, -0.05) is 42.5 Å². The van der Waals surface area contributed by atoms with Crippen LogP contribution in [-0.4, -0.2) is 34.1 Å². The summed E-state index contributed by atoms with van der Waals surface area (Å²) in [7, 11) is 0. The van der Waals surface area contributed by atoms with E-state index in [0.29, 0.717) is 0 Å². The van der Waals surface area contributed by atoms with Crippen molar-refractivity contribution in [3.8, 4) is 11.1 Å². The predicted octanol–water partition coefficient (Wildman–Crippen LogP) is 4.26. The minimum absolute atomic E-state index is 0.236. The highest BCUT2D eigenvalue weighted by Crippen LogP contribution is 2.38. The fourth-order valence-electron chi connectivity index (χ4n) is 3.14. The number of carbonyl (C=O) groups excluding carboxylic acids is 2. The Morgan fingerprint density at radius 3 is 2.35 bits per heavy atom. The van der Waals surface area contributed by atoms with Crippen LogP contribution in [0.3, 0.4) is 0 Å². The van der Waals surface area contributed by atoms with Gasteiger partial charge >= 0.3 is 17.4 Å². The van der Waals surface area contributed by atoms with E-state index in [1.807, 2.05) is 24.3 Å². The first-order chi connectivity index (χ1) is 14.5. The van der Waals surface area contributed by atoms with Crippen LogP contribution in [0.1, 0.15) is 43.9 Å². The maximum atomic E-state index is 11.0. The van der Waals surface area contributed by atoms with Gasteiger partial charge in [0.15, 0.2) is 0 Å². The average Bonchev–Trinajstić information content (AvgIpc) is 3.04. The maximum Gasteiger partial charge on any atom is 0.404 e. The first-order valence-electron chi connectivity index (χ1n) is 9.69. The molecule has 2 aromatic carbocycles. The number of carbonyl (C=O) groups is 3. The van der Waals surface area contributed by atoms with Crippen molar-refractivity contribution in [1.82, 2.24) is 0 Å². The minimum Gasteiger partial charge on any atom is -0.480 e. The quantitative estimate of drug-likeness (QED) is 0.443. The van der Waals surface area contributed by atoms with Gasteiger partial charge in [0.1, 0.15) is 18.2 Å². The molecule has 0 unspecified atom stereocenters. The van der Waals surface area contributed by atoms with Crippen LogP contribution in [0.4, 0.5) is 4.79 Å². The van der Waals surface area contributed by atoms with Crippen molar-refractivity contribution in [3.63, 3.8) is 0 Å². The molecule has 8 heteroatoms. The van der Waals surface area contributed by atoms with E-state index in [1.165, 1.54) is 22.3 Å². The Labute approximate surface area is 186 Å². The number of ether oxygens (including phenoxy) is 2. The summed E-state index contributed by atoms with van der Waals surface area (Å²) < 4.78 is 9.75. The molecule has 0 radical (unpaired) electrons. The number of nitrogens with two attached hydrogens (primary N) is 1.